The van der Waals surface area contributed by atoms with Crippen LogP contribution in [0.5, 0.6) is 0 Å². The summed E-state index contributed by atoms with van der Waals surface area (Å²) in [5.74, 6) is -0.950. The van der Waals surface area contributed by atoms with Gasteiger partial charge >= 0.3 is 0 Å². The zero-order chi connectivity index (χ0) is 17.1. The van der Waals surface area contributed by atoms with Crippen molar-refractivity contribution in [2.45, 2.75) is 31.7 Å². The Morgan fingerprint density at radius 2 is 1.88 bits per heavy atom. The first kappa shape index (κ1) is 16.5. The van der Waals surface area contributed by atoms with Crippen LogP contribution in [-0.2, 0) is 4.79 Å². The summed E-state index contributed by atoms with van der Waals surface area (Å²) < 4.78 is 1.61. The average Bonchev–Trinajstić information content (AvgIpc) is 3.06. The van der Waals surface area contributed by atoms with E-state index in [4.69, 9.17) is 17.3 Å². The fourth-order valence-corrected chi connectivity index (χ4v) is 3.20. The van der Waals surface area contributed by atoms with Crippen molar-refractivity contribution in [2.75, 3.05) is 0 Å². The van der Waals surface area contributed by atoms with E-state index in [9.17, 15) is 9.59 Å². The van der Waals surface area contributed by atoms with E-state index in [1.807, 2.05) is 12.1 Å². The van der Waals surface area contributed by atoms with Crippen LogP contribution in [0.2, 0.25) is 5.02 Å². The van der Waals surface area contributed by atoms with E-state index in [2.05, 4.69) is 10.4 Å². The number of hydrogen-bond donors (Lipinski definition) is 2. The molecule has 1 heterocycles. The molecule has 1 aromatic carbocycles. The maximum absolute atomic E-state index is 12.4. The van der Waals surface area contributed by atoms with Crippen molar-refractivity contribution in [1.82, 2.24) is 15.1 Å². The van der Waals surface area contributed by atoms with Gasteiger partial charge in [-0.15, -0.1) is 0 Å². The number of carbonyl (C=O) groups excluding carboxylic acids is 2. The summed E-state index contributed by atoms with van der Waals surface area (Å²) in [5.41, 5.74) is 6.56. The number of carbonyl (C=O) groups is 2. The van der Waals surface area contributed by atoms with Crippen LogP contribution in [0.3, 0.4) is 0 Å². The van der Waals surface area contributed by atoms with E-state index in [-0.39, 0.29) is 23.8 Å². The van der Waals surface area contributed by atoms with Crippen LogP contribution < -0.4 is 11.1 Å². The highest BCUT2D eigenvalue weighted by Crippen LogP contribution is 2.24. The first-order valence-corrected chi connectivity index (χ1v) is 8.34. The van der Waals surface area contributed by atoms with Crippen LogP contribution in [0.25, 0.3) is 5.69 Å². The fraction of sp³-hybridized carbons (Fsp3) is 0.353. The lowest BCUT2D eigenvalue weighted by Gasteiger charge is -2.29. The van der Waals surface area contributed by atoms with Crippen molar-refractivity contribution in [3.8, 4) is 5.69 Å². The summed E-state index contributed by atoms with van der Waals surface area (Å²) >= 11 is 5.87. The van der Waals surface area contributed by atoms with E-state index >= 15 is 0 Å². The van der Waals surface area contributed by atoms with Crippen LogP contribution in [0, 0.1) is 5.92 Å². The summed E-state index contributed by atoms with van der Waals surface area (Å²) in [6, 6.07) is 8.59. The lowest BCUT2D eigenvalue weighted by Crippen LogP contribution is -2.47. The molecule has 6 nitrogen and oxygen atoms in total. The highest BCUT2D eigenvalue weighted by atomic mass is 35.5. The third-order valence-corrected chi connectivity index (χ3v) is 4.61. The fourth-order valence-electron chi connectivity index (χ4n) is 3.07. The SMILES string of the molecule is NC(=O)[C@H]1CCCC[C@H]1NC(=O)c1ccn(-c2ccc(Cl)cc2)n1. The quantitative estimate of drug-likeness (QED) is 0.890. The standard InChI is InChI=1S/C17H19ClN4O2/c18-11-5-7-12(8-6-11)22-10-9-15(21-22)17(24)20-14-4-2-1-3-13(14)16(19)23/h5-10,13-14H,1-4H2,(H2,19,23)(H,20,24)/t13-,14+/m0/s1. The Morgan fingerprint density at radius 1 is 1.17 bits per heavy atom. The molecule has 0 bridgehead atoms. The van der Waals surface area contributed by atoms with Gasteiger partial charge in [-0.2, -0.15) is 5.10 Å². The zero-order valence-electron chi connectivity index (χ0n) is 13.1. The average molecular weight is 347 g/mol. The number of halogens is 1. The van der Waals surface area contributed by atoms with E-state index in [0.29, 0.717) is 10.7 Å². The van der Waals surface area contributed by atoms with E-state index in [1.165, 1.54) is 0 Å². The second kappa shape index (κ2) is 7.05. The molecule has 0 saturated heterocycles. The molecule has 0 aliphatic heterocycles. The minimum Gasteiger partial charge on any atom is -0.369 e. The van der Waals surface area contributed by atoms with Gasteiger partial charge in [-0.25, -0.2) is 4.68 Å². The number of hydrogen-bond acceptors (Lipinski definition) is 3. The van der Waals surface area contributed by atoms with Gasteiger partial charge in [0, 0.05) is 17.3 Å². The topological polar surface area (TPSA) is 90.0 Å². The Labute approximate surface area is 145 Å². The van der Waals surface area contributed by atoms with Crippen LogP contribution in [0.4, 0.5) is 0 Å². The van der Waals surface area contributed by atoms with Gasteiger partial charge in [0.15, 0.2) is 5.69 Å². The van der Waals surface area contributed by atoms with Crippen molar-refractivity contribution in [3.63, 3.8) is 0 Å². The van der Waals surface area contributed by atoms with Gasteiger partial charge in [0.1, 0.15) is 0 Å². The van der Waals surface area contributed by atoms with Crippen molar-refractivity contribution in [1.29, 1.82) is 0 Å². The van der Waals surface area contributed by atoms with E-state index in [0.717, 1.165) is 31.4 Å². The molecule has 2 atom stereocenters. The Morgan fingerprint density at radius 3 is 2.58 bits per heavy atom. The van der Waals surface area contributed by atoms with Gasteiger partial charge in [-0.05, 0) is 43.2 Å². The molecule has 7 heteroatoms. The van der Waals surface area contributed by atoms with Gasteiger partial charge in [0.25, 0.3) is 5.91 Å². The van der Waals surface area contributed by atoms with Crippen molar-refractivity contribution >= 4 is 23.4 Å². The lowest BCUT2D eigenvalue weighted by molar-refractivity contribution is -0.123. The first-order valence-electron chi connectivity index (χ1n) is 7.96. The van der Waals surface area contributed by atoms with E-state index in [1.54, 1.807) is 29.1 Å². The van der Waals surface area contributed by atoms with Crippen molar-refractivity contribution in [3.05, 3.63) is 47.2 Å². The molecule has 2 amide bonds. The predicted octanol–water partition coefficient (Wildman–Crippen LogP) is 2.30. The van der Waals surface area contributed by atoms with Gasteiger partial charge in [-0.3, -0.25) is 9.59 Å². The number of nitrogens with zero attached hydrogens (tertiary/aromatic N) is 2. The highest BCUT2D eigenvalue weighted by molar-refractivity contribution is 6.30. The highest BCUT2D eigenvalue weighted by Gasteiger charge is 2.31. The second-order valence-corrected chi connectivity index (χ2v) is 6.43. The Bertz CT molecular complexity index is 741. The predicted molar refractivity (Wildman–Crippen MR) is 91.0 cm³/mol. The maximum Gasteiger partial charge on any atom is 0.272 e. The summed E-state index contributed by atoms with van der Waals surface area (Å²) in [6.07, 6.45) is 5.14. The van der Waals surface area contributed by atoms with Gasteiger partial charge < -0.3 is 11.1 Å². The number of aromatic nitrogens is 2. The molecule has 126 valence electrons. The molecule has 1 aliphatic carbocycles. The van der Waals surface area contributed by atoms with Crippen LogP contribution in [0.15, 0.2) is 36.5 Å². The maximum atomic E-state index is 12.4. The van der Waals surface area contributed by atoms with Crippen molar-refractivity contribution in [2.24, 2.45) is 11.7 Å². The monoisotopic (exact) mass is 346 g/mol. The number of benzene rings is 1. The molecule has 0 radical (unpaired) electrons. The zero-order valence-corrected chi connectivity index (χ0v) is 13.9. The molecular formula is C17H19ClN4O2. The summed E-state index contributed by atoms with van der Waals surface area (Å²) in [5, 5.41) is 7.83. The number of nitrogens with two attached hydrogens (primary N) is 1. The lowest BCUT2D eigenvalue weighted by atomic mass is 9.84. The third-order valence-electron chi connectivity index (χ3n) is 4.36. The number of amides is 2. The largest absolute Gasteiger partial charge is 0.369 e. The number of nitrogens with one attached hydrogen (secondary N) is 1. The van der Waals surface area contributed by atoms with Gasteiger partial charge in [-0.1, -0.05) is 24.4 Å². The molecule has 3 N–H and O–H groups in total. The Kier molecular flexibility index (Phi) is 4.85. The normalized spacial score (nSPS) is 20.5. The molecule has 1 aromatic heterocycles. The molecular weight excluding hydrogens is 328 g/mol. The van der Waals surface area contributed by atoms with E-state index < -0.39 is 0 Å². The van der Waals surface area contributed by atoms with Crippen molar-refractivity contribution < 1.29 is 9.59 Å². The molecule has 1 fully saturated rings. The minimum absolute atomic E-state index is 0.218. The molecule has 24 heavy (non-hydrogen) atoms. The van der Waals surface area contributed by atoms with Crippen LogP contribution in [-0.4, -0.2) is 27.6 Å². The van der Waals surface area contributed by atoms with Gasteiger partial charge in [0.05, 0.1) is 11.6 Å². The first-order chi connectivity index (χ1) is 11.5. The smallest absolute Gasteiger partial charge is 0.272 e. The Balaban J connectivity index is 1.71. The molecule has 1 saturated carbocycles. The summed E-state index contributed by atoms with van der Waals surface area (Å²) in [7, 11) is 0. The molecule has 3 rings (SSSR count). The van der Waals surface area contributed by atoms with Gasteiger partial charge in [0.2, 0.25) is 5.91 Å². The molecule has 0 unspecified atom stereocenters. The second-order valence-electron chi connectivity index (χ2n) is 6.00. The molecule has 1 aliphatic rings. The summed E-state index contributed by atoms with van der Waals surface area (Å²) in [4.78, 5) is 24.0. The molecule has 0 spiro atoms. The van der Waals surface area contributed by atoms with Crippen LogP contribution in [0.1, 0.15) is 36.2 Å². The molecule has 2 aromatic rings. The third kappa shape index (κ3) is 3.59. The Hall–Kier alpha value is -2.34. The summed E-state index contributed by atoms with van der Waals surface area (Å²) in [6.45, 7) is 0. The van der Waals surface area contributed by atoms with Crippen LogP contribution >= 0.6 is 11.6 Å². The number of primary amides is 1. The minimum atomic E-state index is -0.355. The number of rotatable bonds is 4.